The maximum absolute atomic E-state index is 11.9. The number of hydrogen-bond acceptors (Lipinski definition) is 5. The van der Waals surface area contributed by atoms with Crippen molar-refractivity contribution in [2.45, 2.75) is 52.6 Å². The van der Waals surface area contributed by atoms with Crippen molar-refractivity contribution in [3.05, 3.63) is 33.9 Å². The van der Waals surface area contributed by atoms with Crippen LogP contribution in [0.25, 0.3) is 0 Å². The number of aryl methyl sites for hydroxylation is 1. The molecule has 0 bridgehead atoms. The van der Waals surface area contributed by atoms with E-state index in [1.165, 1.54) is 0 Å². The van der Waals surface area contributed by atoms with E-state index in [2.05, 4.69) is 41.4 Å². The Morgan fingerprint density at radius 3 is 2.73 bits per heavy atom. The van der Waals surface area contributed by atoms with E-state index in [0.29, 0.717) is 5.89 Å². The van der Waals surface area contributed by atoms with Gasteiger partial charge in [0, 0.05) is 10.8 Å². The molecule has 2 N–H and O–H groups in total. The largest absolute Gasteiger partial charge is 0.443 e. The average molecular weight is 322 g/mol. The number of hydrogen-bond donors (Lipinski definition) is 2. The molecule has 6 nitrogen and oxygen atoms in total. The van der Waals surface area contributed by atoms with Gasteiger partial charge in [-0.25, -0.2) is 14.8 Å². The summed E-state index contributed by atoms with van der Waals surface area (Å²) in [6, 6.07) is -0.409. The Morgan fingerprint density at radius 1 is 1.45 bits per heavy atom. The van der Waals surface area contributed by atoms with Crippen LogP contribution in [0.5, 0.6) is 0 Å². The third-order valence-electron chi connectivity index (χ3n) is 3.12. The fourth-order valence-electron chi connectivity index (χ4n) is 1.80. The molecule has 2 heterocycles. The van der Waals surface area contributed by atoms with E-state index < -0.39 is 0 Å². The van der Waals surface area contributed by atoms with Crippen LogP contribution >= 0.6 is 11.3 Å². The first-order valence-corrected chi connectivity index (χ1v) is 8.05. The van der Waals surface area contributed by atoms with Crippen molar-refractivity contribution in [2.24, 2.45) is 0 Å². The summed E-state index contributed by atoms with van der Waals surface area (Å²) in [6.45, 7) is 10.2. The standard InChI is InChI=1S/C15H22N4O2S/c1-9(11-8-22-10(2)19-11)18-14(20)17-7-13-16-6-12(21-13)15(3,4)5/h6,8-9H,7H2,1-5H3,(H2,17,18,20)/t9-/m1/s1. The number of nitrogens with zero attached hydrogens (tertiary/aromatic N) is 2. The molecule has 7 heteroatoms. The highest BCUT2D eigenvalue weighted by Crippen LogP contribution is 2.22. The third kappa shape index (κ3) is 4.30. The fraction of sp³-hybridized carbons (Fsp3) is 0.533. The minimum atomic E-state index is -0.270. The molecule has 120 valence electrons. The topological polar surface area (TPSA) is 80.0 Å². The van der Waals surface area contributed by atoms with Gasteiger partial charge in [-0.05, 0) is 13.8 Å². The number of oxazole rings is 1. The zero-order valence-corrected chi connectivity index (χ0v) is 14.4. The first-order valence-electron chi connectivity index (χ1n) is 7.17. The summed E-state index contributed by atoms with van der Waals surface area (Å²) in [5.74, 6) is 1.30. The molecule has 0 aromatic carbocycles. The molecule has 0 fully saturated rings. The maximum atomic E-state index is 11.9. The lowest BCUT2D eigenvalue weighted by molar-refractivity contribution is 0.235. The van der Waals surface area contributed by atoms with E-state index in [-0.39, 0.29) is 24.0 Å². The van der Waals surface area contributed by atoms with Gasteiger partial charge in [-0.3, -0.25) is 0 Å². The third-order valence-corrected chi connectivity index (χ3v) is 3.91. The molecule has 22 heavy (non-hydrogen) atoms. The summed E-state index contributed by atoms with van der Waals surface area (Å²) >= 11 is 1.57. The van der Waals surface area contributed by atoms with E-state index in [1.807, 2.05) is 19.2 Å². The molecule has 0 aliphatic carbocycles. The lowest BCUT2D eigenvalue weighted by Crippen LogP contribution is -2.36. The van der Waals surface area contributed by atoms with Gasteiger partial charge in [0.15, 0.2) is 0 Å². The Morgan fingerprint density at radius 2 is 2.18 bits per heavy atom. The summed E-state index contributed by atoms with van der Waals surface area (Å²) in [6.07, 6.45) is 1.70. The lowest BCUT2D eigenvalue weighted by atomic mass is 9.94. The molecule has 0 aliphatic heterocycles. The SMILES string of the molecule is Cc1nc([C@@H](C)NC(=O)NCc2ncc(C(C)(C)C)o2)cs1. The highest BCUT2D eigenvalue weighted by atomic mass is 32.1. The molecule has 0 radical (unpaired) electrons. The average Bonchev–Trinajstić information content (AvgIpc) is 3.04. The first-order chi connectivity index (χ1) is 10.3. The van der Waals surface area contributed by atoms with E-state index in [9.17, 15) is 4.79 Å². The normalized spacial score (nSPS) is 13.0. The maximum Gasteiger partial charge on any atom is 0.315 e. The van der Waals surface area contributed by atoms with Crippen molar-refractivity contribution in [3.63, 3.8) is 0 Å². The molecule has 0 spiro atoms. The number of aromatic nitrogens is 2. The Labute approximate surface area is 134 Å². The van der Waals surface area contributed by atoms with Crippen molar-refractivity contribution in [1.82, 2.24) is 20.6 Å². The molecule has 0 unspecified atom stereocenters. The van der Waals surface area contributed by atoms with Crippen LogP contribution in [0.3, 0.4) is 0 Å². The Balaban J connectivity index is 1.84. The van der Waals surface area contributed by atoms with Gasteiger partial charge in [0.2, 0.25) is 5.89 Å². The summed E-state index contributed by atoms with van der Waals surface area (Å²) < 4.78 is 5.63. The first kappa shape index (κ1) is 16.5. The van der Waals surface area contributed by atoms with E-state index >= 15 is 0 Å². The van der Waals surface area contributed by atoms with Crippen LogP contribution in [0.1, 0.15) is 56.1 Å². The number of amides is 2. The van der Waals surface area contributed by atoms with E-state index in [0.717, 1.165) is 16.5 Å². The summed E-state index contributed by atoms with van der Waals surface area (Å²) in [5.41, 5.74) is 0.772. The second kappa shape index (κ2) is 6.48. The number of thiazole rings is 1. The summed E-state index contributed by atoms with van der Waals surface area (Å²) in [7, 11) is 0. The number of carbonyl (C=O) groups is 1. The molecule has 0 saturated heterocycles. The van der Waals surface area contributed by atoms with Crippen LogP contribution in [0, 0.1) is 6.92 Å². The minimum absolute atomic E-state index is 0.0928. The summed E-state index contributed by atoms with van der Waals surface area (Å²) in [4.78, 5) is 20.4. The van der Waals surface area contributed by atoms with Crippen molar-refractivity contribution in [2.75, 3.05) is 0 Å². The van der Waals surface area contributed by atoms with Gasteiger partial charge >= 0.3 is 6.03 Å². The Hall–Kier alpha value is -1.89. The summed E-state index contributed by atoms with van der Waals surface area (Å²) in [5, 5.41) is 8.52. The molecule has 2 aromatic rings. The monoisotopic (exact) mass is 322 g/mol. The van der Waals surface area contributed by atoms with Gasteiger partial charge in [-0.2, -0.15) is 0 Å². The van der Waals surface area contributed by atoms with E-state index in [4.69, 9.17) is 4.42 Å². The lowest BCUT2D eigenvalue weighted by Gasteiger charge is -2.13. The van der Waals surface area contributed by atoms with Crippen LogP contribution in [-0.4, -0.2) is 16.0 Å². The minimum Gasteiger partial charge on any atom is -0.443 e. The van der Waals surface area contributed by atoms with Gasteiger partial charge in [-0.1, -0.05) is 20.8 Å². The number of nitrogens with one attached hydrogen (secondary N) is 2. The molecular formula is C15H22N4O2S. The zero-order valence-electron chi connectivity index (χ0n) is 13.6. The zero-order chi connectivity index (χ0) is 16.3. The highest BCUT2D eigenvalue weighted by molar-refractivity contribution is 7.09. The number of rotatable bonds is 4. The van der Waals surface area contributed by atoms with Crippen LogP contribution in [0.4, 0.5) is 4.79 Å². The molecule has 2 aromatic heterocycles. The van der Waals surface area contributed by atoms with Crippen LogP contribution < -0.4 is 10.6 Å². The van der Waals surface area contributed by atoms with Crippen LogP contribution in [-0.2, 0) is 12.0 Å². The molecule has 2 rings (SSSR count). The van der Waals surface area contributed by atoms with E-state index in [1.54, 1.807) is 17.5 Å². The Kier molecular flexibility index (Phi) is 4.85. The second-order valence-electron chi connectivity index (χ2n) is 6.21. The van der Waals surface area contributed by atoms with Crippen molar-refractivity contribution < 1.29 is 9.21 Å². The van der Waals surface area contributed by atoms with Gasteiger partial charge in [0.05, 0.1) is 29.5 Å². The molecule has 0 saturated carbocycles. The van der Waals surface area contributed by atoms with Crippen LogP contribution in [0.2, 0.25) is 0 Å². The van der Waals surface area contributed by atoms with Gasteiger partial charge in [0.1, 0.15) is 5.76 Å². The van der Waals surface area contributed by atoms with Crippen molar-refractivity contribution in [1.29, 1.82) is 0 Å². The smallest absolute Gasteiger partial charge is 0.315 e. The fourth-order valence-corrected chi connectivity index (χ4v) is 2.50. The molecule has 0 aliphatic rings. The highest BCUT2D eigenvalue weighted by Gasteiger charge is 2.19. The molecular weight excluding hydrogens is 300 g/mol. The van der Waals surface area contributed by atoms with Crippen LogP contribution in [0.15, 0.2) is 16.0 Å². The van der Waals surface area contributed by atoms with Gasteiger partial charge < -0.3 is 15.1 Å². The quantitative estimate of drug-likeness (QED) is 0.905. The molecule has 1 atom stereocenters. The van der Waals surface area contributed by atoms with Gasteiger partial charge in [0.25, 0.3) is 0 Å². The molecule has 2 amide bonds. The number of urea groups is 1. The predicted molar refractivity (Wildman–Crippen MR) is 85.8 cm³/mol. The van der Waals surface area contributed by atoms with Crippen molar-refractivity contribution in [3.8, 4) is 0 Å². The Bertz CT molecular complexity index is 642. The second-order valence-corrected chi connectivity index (χ2v) is 7.27. The number of carbonyl (C=O) groups excluding carboxylic acids is 1. The van der Waals surface area contributed by atoms with Gasteiger partial charge in [-0.15, -0.1) is 11.3 Å². The predicted octanol–water partition coefficient (Wildman–Crippen LogP) is 3.30. The van der Waals surface area contributed by atoms with Crippen molar-refractivity contribution >= 4 is 17.4 Å².